The molecule has 0 spiro atoms. The predicted octanol–water partition coefficient (Wildman–Crippen LogP) is 4.18. The molecule has 37 heavy (non-hydrogen) atoms. The predicted molar refractivity (Wildman–Crippen MR) is 141 cm³/mol. The van der Waals surface area contributed by atoms with Gasteiger partial charge in [-0.15, -0.1) is 0 Å². The molecule has 0 unspecified atom stereocenters. The van der Waals surface area contributed by atoms with E-state index in [2.05, 4.69) is 20.4 Å². The molecule has 1 aliphatic rings. The summed E-state index contributed by atoms with van der Waals surface area (Å²) in [5.41, 5.74) is 4.35. The topological polar surface area (TPSA) is 99.1 Å². The summed E-state index contributed by atoms with van der Waals surface area (Å²) in [6.07, 6.45) is 8.44. The van der Waals surface area contributed by atoms with Crippen LogP contribution in [0.3, 0.4) is 0 Å². The molecule has 1 aromatic carbocycles. The molecule has 1 fully saturated rings. The minimum atomic E-state index is -0.139. The highest BCUT2D eigenvalue weighted by Gasteiger charge is 2.25. The molecule has 1 amide bonds. The van der Waals surface area contributed by atoms with Crippen LogP contribution in [0.2, 0.25) is 5.02 Å². The Morgan fingerprint density at radius 3 is 2.68 bits per heavy atom. The van der Waals surface area contributed by atoms with Crippen molar-refractivity contribution >= 4 is 34.2 Å². The fourth-order valence-electron chi connectivity index (χ4n) is 5.32. The molecule has 1 N–H and O–H groups in total. The SMILES string of the molecule is Cc1ncc(Cl)cc1C(=O)NC1CCC(Cn2c(=O)n(-c3ccc4ncnn4c3)c3ccccc32)CC1. The zero-order valence-corrected chi connectivity index (χ0v) is 21.1. The van der Waals surface area contributed by atoms with Crippen LogP contribution < -0.4 is 11.0 Å². The van der Waals surface area contributed by atoms with Crippen molar-refractivity contribution in [3.8, 4) is 5.69 Å². The smallest absolute Gasteiger partial charge is 0.333 e. The molecular formula is C27H26ClN7O2. The van der Waals surface area contributed by atoms with Crippen molar-refractivity contribution in [1.29, 1.82) is 0 Å². The van der Waals surface area contributed by atoms with Crippen molar-refractivity contribution in [3.05, 3.63) is 87.9 Å². The number of carbonyl (C=O) groups is 1. The number of aromatic nitrogens is 6. The van der Waals surface area contributed by atoms with Crippen molar-refractivity contribution in [2.24, 2.45) is 5.92 Å². The van der Waals surface area contributed by atoms with Crippen molar-refractivity contribution in [3.63, 3.8) is 0 Å². The van der Waals surface area contributed by atoms with Gasteiger partial charge in [0.2, 0.25) is 0 Å². The molecule has 5 aromatic rings. The number of fused-ring (bicyclic) bond motifs is 2. The minimum Gasteiger partial charge on any atom is -0.349 e. The summed E-state index contributed by atoms with van der Waals surface area (Å²) in [7, 11) is 0. The van der Waals surface area contributed by atoms with Crippen LogP contribution in [0, 0.1) is 12.8 Å². The maximum Gasteiger partial charge on any atom is 0.333 e. The van der Waals surface area contributed by atoms with E-state index in [4.69, 9.17) is 11.6 Å². The Morgan fingerprint density at radius 2 is 1.86 bits per heavy atom. The van der Waals surface area contributed by atoms with E-state index in [1.165, 1.54) is 6.33 Å². The quantitative estimate of drug-likeness (QED) is 0.378. The van der Waals surface area contributed by atoms with Gasteiger partial charge in [-0.05, 0) is 68.9 Å². The van der Waals surface area contributed by atoms with E-state index in [0.717, 1.165) is 48.1 Å². The van der Waals surface area contributed by atoms with Gasteiger partial charge in [0.25, 0.3) is 5.91 Å². The van der Waals surface area contributed by atoms with Crippen LogP contribution in [-0.2, 0) is 6.54 Å². The van der Waals surface area contributed by atoms with Crippen LogP contribution in [0.1, 0.15) is 41.7 Å². The Balaban J connectivity index is 1.20. The lowest BCUT2D eigenvalue weighted by Gasteiger charge is -2.29. The molecule has 9 nitrogen and oxygen atoms in total. The van der Waals surface area contributed by atoms with E-state index >= 15 is 0 Å². The molecule has 4 aromatic heterocycles. The molecule has 0 bridgehead atoms. The number of rotatable bonds is 5. The van der Waals surface area contributed by atoms with E-state index in [1.807, 2.05) is 47.2 Å². The number of imidazole rings is 1. The summed E-state index contributed by atoms with van der Waals surface area (Å²) in [6.45, 7) is 2.44. The van der Waals surface area contributed by atoms with E-state index in [0.29, 0.717) is 28.7 Å². The van der Waals surface area contributed by atoms with E-state index in [1.54, 1.807) is 28.3 Å². The molecule has 1 aliphatic carbocycles. The molecule has 0 radical (unpaired) electrons. The molecule has 0 aliphatic heterocycles. The molecule has 0 saturated heterocycles. The summed E-state index contributed by atoms with van der Waals surface area (Å²) >= 11 is 6.04. The summed E-state index contributed by atoms with van der Waals surface area (Å²) in [6, 6.07) is 13.4. The zero-order chi connectivity index (χ0) is 25.5. The number of para-hydroxylation sites is 2. The third-order valence-electron chi connectivity index (χ3n) is 7.27. The van der Waals surface area contributed by atoms with Gasteiger partial charge in [0, 0.05) is 18.8 Å². The number of pyridine rings is 2. The second kappa shape index (κ2) is 9.48. The van der Waals surface area contributed by atoms with Gasteiger partial charge in [-0.3, -0.25) is 18.9 Å². The average Bonchev–Trinajstić information content (AvgIpc) is 3.48. The lowest BCUT2D eigenvalue weighted by Crippen LogP contribution is -2.39. The van der Waals surface area contributed by atoms with Gasteiger partial charge in [0.05, 0.1) is 39.2 Å². The Hall–Kier alpha value is -3.98. The van der Waals surface area contributed by atoms with Crippen LogP contribution in [0.5, 0.6) is 0 Å². The van der Waals surface area contributed by atoms with Gasteiger partial charge in [0.1, 0.15) is 6.33 Å². The first-order valence-electron chi connectivity index (χ1n) is 12.4. The number of halogens is 1. The van der Waals surface area contributed by atoms with Crippen LogP contribution >= 0.6 is 11.6 Å². The number of carbonyl (C=O) groups excluding carboxylic acids is 1. The molecule has 188 valence electrons. The van der Waals surface area contributed by atoms with Crippen molar-refractivity contribution in [2.75, 3.05) is 0 Å². The van der Waals surface area contributed by atoms with Crippen LogP contribution in [0.15, 0.2) is 66.0 Å². The molecule has 10 heteroatoms. The van der Waals surface area contributed by atoms with Gasteiger partial charge < -0.3 is 5.32 Å². The highest BCUT2D eigenvalue weighted by molar-refractivity contribution is 6.30. The standard InChI is InChI=1S/C27H26ClN7O2/c1-17-22(12-19(28)13-29-17)26(36)32-20-8-6-18(7-9-20)14-33-23-4-2-3-5-24(23)35(27(33)37)21-10-11-25-30-16-31-34(25)15-21/h2-5,10-13,15-16,18,20H,6-9,14H2,1H3,(H,32,36). The second-order valence-electron chi connectivity index (χ2n) is 9.65. The lowest BCUT2D eigenvalue weighted by molar-refractivity contribution is 0.0919. The lowest BCUT2D eigenvalue weighted by atomic mass is 9.85. The number of amides is 1. The number of aryl methyl sites for hydroxylation is 1. The van der Waals surface area contributed by atoms with Gasteiger partial charge >= 0.3 is 5.69 Å². The summed E-state index contributed by atoms with van der Waals surface area (Å²) in [5.74, 6) is 0.206. The monoisotopic (exact) mass is 515 g/mol. The summed E-state index contributed by atoms with van der Waals surface area (Å²) in [5, 5.41) is 7.81. The second-order valence-corrected chi connectivity index (χ2v) is 10.1. The molecule has 0 atom stereocenters. The van der Waals surface area contributed by atoms with Crippen LogP contribution in [0.25, 0.3) is 22.4 Å². The van der Waals surface area contributed by atoms with Gasteiger partial charge in [0.15, 0.2) is 5.65 Å². The highest BCUT2D eigenvalue weighted by atomic mass is 35.5. The van der Waals surface area contributed by atoms with Gasteiger partial charge in [-0.1, -0.05) is 23.7 Å². The minimum absolute atomic E-state index is 0.0694. The van der Waals surface area contributed by atoms with Gasteiger partial charge in [-0.2, -0.15) is 5.10 Å². The van der Waals surface area contributed by atoms with Gasteiger partial charge in [-0.25, -0.2) is 14.3 Å². The molecule has 1 saturated carbocycles. The molecule has 4 heterocycles. The number of nitrogens with one attached hydrogen (secondary N) is 1. The van der Waals surface area contributed by atoms with Crippen molar-refractivity contribution < 1.29 is 4.79 Å². The third-order valence-corrected chi connectivity index (χ3v) is 7.48. The Labute approximate surface area is 217 Å². The Morgan fingerprint density at radius 1 is 1.08 bits per heavy atom. The fourth-order valence-corrected chi connectivity index (χ4v) is 5.48. The van der Waals surface area contributed by atoms with Crippen LogP contribution in [-0.4, -0.2) is 40.7 Å². The Kier molecular flexibility index (Phi) is 6.00. The fraction of sp³-hybridized carbons (Fsp3) is 0.296. The number of benzene rings is 1. The summed E-state index contributed by atoms with van der Waals surface area (Å²) < 4.78 is 5.29. The summed E-state index contributed by atoms with van der Waals surface area (Å²) in [4.78, 5) is 34.8. The van der Waals surface area contributed by atoms with E-state index in [9.17, 15) is 9.59 Å². The first-order chi connectivity index (χ1) is 18.0. The highest BCUT2D eigenvalue weighted by Crippen LogP contribution is 2.28. The Bertz CT molecular complexity index is 1680. The zero-order valence-electron chi connectivity index (χ0n) is 20.3. The molecule has 6 rings (SSSR count). The van der Waals surface area contributed by atoms with E-state index in [-0.39, 0.29) is 17.6 Å². The normalized spacial score (nSPS) is 17.9. The van der Waals surface area contributed by atoms with Crippen LogP contribution in [0.4, 0.5) is 0 Å². The molecular weight excluding hydrogens is 490 g/mol. The first-order valence-corrected chi connectivity index (χ1v) is 12.8. The number of nitrogens with zero attached hydrogens (tertiary/aromatic N) is 6. The number of hydrogen-bond donors (Lipinski definition) is 1. The van der Waals surface area contributed by atoms with E-state index < -0.39 is 0 Å². The van der Waals surface area contributed by atoms with Crippen molar-refractivity contribution in [2.45, 2.75) is 45.2 Å². The first kappa shape index (κ1) is 23.4. The maximum atomic E-state index is 13.7. The largest absolute Gasteiger partial charge is 0.349 e. The average molecular weight is 516 g/mol. The third kappa shape index (κ3) is 4.40. The maximum absolute atomic E-state index is 13.7. The number of hydrogen-bond acceptors (Lipinski definition) is 5. The van der Waals surface area contributed by atoms with Crippen molar-refractivity contribution in [1.82, 2.24) is 34.0 Å².